The molecular formula is C29H37NO8. The highest BCUT2D eigenvalue weighted by atomic mass is 16.5. The lowest BCUT2D eigenvalue weighted by atomic mass is 9.94. The zero-order chi connectivity index (χ0) is 28.0. The maximum atomic E-state index is 13.4. The second-order valence-electron chi connectivity index (χ2n) is 9.42. The molecular weight excluding hydrogens is 490 g/mol. The van der Waals surface area contributed by atoms with Gasteiger partial charge in [0, 0.05) is 18.7 Å². The maximum absolute atomic E-state index is 13.4. The van der Waals surface area contributed by atoms with Crippen LogP contribution < -0.4 is 18.9 Å². The Morgan fingerprint density at radius 1 is 0.947 bits per heavy atom. The molecule has 1 amide bonds. The normalized spacial score (nSPS) is 16.9. The van der Waals surface area contributed by atoms with Crippen molar-refractivity contribution in [3.8, 4) is 23.0 Å². The molecule has 1 heterocycles. The maximum Gasteiger partial charge on any atom is 0.295 e. The fourth-order valence-corrected chi connectivity index (χ4v) is 4.41. The smallest absolute Gasteiger partial charge is 0.295 e. The zero-order valence-electron chi connectivity index (χ0n) is 23.1. The summed E-state index contributed by atoms with van der Waals surface area (Å²) in [6, 6.07) is 9.27. The van der Waals surface area contributed by atoms with Crippen molar-refractivity contribution in [2.75, 3.05) is 34.5 Å². The van der Waals surface area contributed by atoms with Gasteiger partial charge in [-0.05, 0) is 63.9 Å². The number of likely N-dealkylation sites (tertiary alicyclic amines) is 1. The Balaban J connectivity index is 2.17. The van der Waals surface area contributed by atoms with E-state index in [1.165, 1.54) is 26.2 Å². The highest BCUT2D eigenvalue weighted by Gasteiger charge is 2.46. The number of ether oxygens (including phenoxy) is 5. The van der Waals surface area contributed by atoms with Crippen LogP contribution in [0.3, 0.4) is 0 Å². The fraction of sp³-hybridized carbons (Fsp3) is 0.448. The summed E-state index contributed by atoms with van der Waals surface area (Å²) in [4.78, 5) is 28.1. The van der Waals surface area contributed by atoms with Crippen LogP contribution in [0.15, 0.2) is 42.0 Å². The number of aliphatic hydroxyl groups is 1. The minimum atomic E-state index is -0.891. The van der Waals surface area contributed by atoms with Crippen molar-refractivity contribution in [3.05, 3.63) is 53.1 Å². The highest BCUT2D eigenvalue weighted by molar-refractivity contribution is 6.46. The highest BCUT2D eigenvalue weighted by Crippen LogP contribution is 2.45. The Bertz CT molecular complexity index is 1160. The molecule has 1 aliphatic heterocycles. The van der Waals surface area contributed by atoms with E-state index in [1.807, 2.05) is 27.7 Å². The molecule has 0 spiro atoms. The third-order valence-corrected chi connectivity index (χ3v) is 6.02. The van der Waals surface area contributed by atoms with E-state index in [-0.39, 0.29) is 30.1 Å². The van der Waals surface area contributed by atoms with Crippen molar-refractivity contribution < 1.29 is 38.4 Å². The van der Waals surface area contributed by atoms with Gasteiger partial charge in [0.05, 0.1) is 45.2 Å². The lowest BCUT2D eigenvalue weighted by molar-refractivity contribution is -0.140. The van der Waals surface area contributed by atoms with Gasteiger partial charge in [0.15, 0.2) is 11.5 Å². The SMILES string of the molecule is COc1cc(C2/C(=C(\O)c3cccc(OC(C)C)c3)C(=O)C(=O)N2CCCOC(C)C)cc(OC)c1OC. The van der Waals surface area contributed by atoms with E-state index < -0.39 is 17.7 Å². The number of methoxy groups -OCH3 is 3. The van der Waals surface area contributed by atoms with Crippen LogP contribution in [-0.2, 0) is 14.3 Å². The van der Waals surface area contributed by atoms with Gasteiger partial charge in [-0.3, -0.25) is 9.59 Å². The Hall–Kier alpha value is -3.72. The lowest BCUT2D eigenvalue weighted by Gasteiger charge is -2.26. The molecule has 1 aliphatic rings. The molecule has 0 saturated carbocycles. The van der Waals surface area contributed by atoms with Crippen LogP contribution in [-0.4, -0.2) is 68.4 Å². The Labute approximate surface area is 223 Å². The molecule has 9 nitrogen and oxygen atoms in total. The number of hydrogen-bond acceptors (Lipinski definition) is 8. The fourth-order valence-electron chi connectivity index (χ4n) is 4.41. The molecule has 3 rings (SSSR count). The van der Waals surface area contributed by atoms with Gasteiger partial charge in [0.25, 0.3) is 11.7 Å². The number of carbonyl (C=O) groups is 2. The van der Waals surface area contributed by atoms with Crippen molar-refractivity contribution in [1.82, 2.24) is 4.90 Å². The van der Waals surface area contributed by atoms with Crippen LogP contribution in [0, 0.1) is 0 Å². The third kappa shape index (κ3) is 6.22. The van der Waals surface area contributed by atoms with E-state index in [9.17, 15) is 14.7 Å². The summed E-state index contributed by atoms with van der Waals surface area (Å²) >= 11 is 0. The number of aliphatic hydroxyl groups excluding tert-OH is 1. The molecule has 1 unspecified atom stereocenters. The van der Waals surface area contributed by atoms with Crippen LogP contribution in [0.1, 0.15) is 51.3 Å². The van der Waals surface area contributed by atoms with Crippen LogP contribution in [0.5, 0.6) is 23.0 Å². The number of amides is 1. The number of nitrogens with zero attached hydrogens (tertiary/aromatic N) is 1. The molecule has 38 heavy (non-hydrogen) atoms. The van der Waals surface area contributed by atoms with Crippen LogP contribution in [0.25, 0.3) is 5.76 Å². The summed E-state index contributed by atoms with van der Waals surface area (Å²) in [5, 5.41) is 11.4. The Morgan fingerprint density at radius 3 is 2.16 bits per heavy atom. The van der Waals surface area contributed by atoms with Crippen LogP contribution >= 0.6 is 0 Å². The second-order valence-corrected chi connectivity index (χ2v) is 9.42. The summed E-state index contributed by atoms with van der Waals surface area (Å²) in [5.41, 5.74) is 0.858. The lowest BCUT2D eigenvalue weighted by Crippen LogP contribution is -2.31. The molecule has 1 N–H and O–H groups in total. The first-order valence-corrected chi connectivity index (χ1v) is 12.6. The van der Waals surface area contributed by atoms with Gasteiger partial charge < -0.3 is 33.7 Å². The number of carbonyl (C=O) groups excluding carboxylic acids is 2. The van der Waals surface area contributed by atoms with Gasteiger partial charge in [0.2, 0.25) is 5.75 Å². The standard InChI is InChI=1S/C29H37NO8/c1-17(2)37-13-9-12-30-25(20-15-22(34-5)28(36-7)23(16-20)35-6)24(27(32)29(30)33)26(31)19-10-8-11-21(14-19)38-18(3)4/h8,10-11,14-18,25,31H,9,12-13H2,1-7H3/b26-24+. The number of Topliss-reactive ketones (excluding diaryl/α,β-unsaturated/α-hetero) is 1. The molecule has 0 radical (unpaired) electrons. The summed E-state index contributed by atoms with van der Waals surface area (Å²) in [6.07, 6.45) is 0.464. The van der Waals surface area contributed by atoms with Gasteiger partial charge in [-0.25, -0.2) is 0 Å². The van der Waals surface area contributed by atoms with Crippen LogP contribution in [0.4, 0.5) is 0 Å². The van der Waals surface area contributed by atoms with Crippen molar-refractivity contribution in [3.63, 3.8) is 0 Å². The van der Waals surface area contributed by atoms with Crippen molar-refractivity contribution >= 4 is 17.4 Å². The molecule has 206 valence electrons. The first-order chi connectivity index (χ1) is 18.1. The molecule has 1 fully saturated rings. The summed E-state index contributed by atoms with van der Waals surface area (Å²) in [6.45, 7) is 8.30. The molecule has 2 aromatic carbocycles. The number of benzene rings is 2. The number of ketones is 1. The predicted octanol–water partition coefficient (Wildman–Crippen LogP) is 4.74. The van der Waals surface area contributed by atoms with Crippen molar-refractivity contribution in [1.29, 1.82) is 0 Å². The van der Waals surface area contributed by atoms with Gasteiger partial charge in [-0.15, -0.1) is 0 Å². The van der Waals surface area contributed by atoms with Gasteiger partial charge >= 0.3 is 0 Å². The average Bonchev–Trinajstić information content (AvgIpc) is 3.14. The topological polar surface area (TPSA) is 104 Å². The molecule has 0 aliphatic carbocycles. The number of hydrogen-bond donors (Lipinski definition) is 1. The van der Waals surface area contributed by atoms with E-state index in [4.69, 9.17) is 23.7 Å². The summed E-state index contributed by atoms with van der Waals surface area (Å²) in [5.74, 6) is -0.137. The molecule has 1 saturated heterocycles. The Morgan fingerprint density at radius 2 is 1.61 bits per heavy atom. The predicted molar refractivity (Wildman–Crippen MR) is 143 cm³/mol. The first kappa shape index (κ1) is 28.8. The monoisotopic (exact) mass is 527 g/mol. The Kier molecular flexibility index (Phi) is 9.63. The molecule has 0 aromatic heterocycles. The molecule has 9 heteroatoms. The molecule has 0 bridgehead atoms. The largest absolute Gasteiger partial charge is 0.507 e. The molecule has 2 aromatic rings. The third-order valence-electron chi connectivity index (χ3n) is 6.02. The van der Waals surface area contributed by atoms with Gasteiger partial charge in [-0.2, -0.15) is 0 Å². The van der Waals surface area contributed by atoms with Crippen molar-refractivity contribution in [2.45, 2.75) is 52.4 Å². The first-order valence-electron chi connectivity index (χ1n) is 12.6. The second kappa shape index (κ2) is 12.7. The number of rotatable bonds is 12. The molecule has 1 atom stereocenters. The minimum absolute atomic E-state index is 0.0317. The van der Waals surface area contributed by atoms with E-state index in [0.717, 1.165) is 0 Å². The summed E-state index contributed by atoms with van der Waals surface area (Å²) < 4.78 is 27.9. The minimum Gasteiger partial charge on any atom is -0.507 e. The summed E-state index contributed by atoms with van der Waals surface area (Å²) in [7, 11) is 4.47. The quantitative estimate of drug-likeness (QED) is 0.183. The van der Waals surface area contributed by atoms with E-state index >= 15 is 0 Å². The zero-order valence-corrected chi connectivity index (χ0v) is 23.1. The van der Waals surface area contributed by atoms with E-state index in [1.54, 1.807) is 36.4 Å². The van der Waals surface area contributed by atoms with E-state index in [0.29, 0.717) is 47.2 Å². The van der Waals surface area contributed by atoms with Crippen LogP contribution in [0.2, 0.25) is 0 Å². The van der Waals surface area contributed by atoms with E-state index in [2.05, 4.69) is 0 Å². The average molecular weight is 528 g/mol. The van der Waals surface area contributed by atoms with Gasteiger partial charge in [-0.1, -0.05) is 12.1 Å². The van der Waals surface area contributed by atoms with Gasteiger partial charge in [0.1, 0.15) is 11.5 Å². The van der Waals surface area contributed by atoms with Crippen molar-refractivity contribution in [2.24, 2.45) is 0 Å².